The van der Waals surface area contributed by atoms with E-state index in [-0.39, 0.29) is 17.6 Å². The van der Waals surface area contributed by atoms with E-state index in [1.165, 1.54) is 24.3 Å². The van der Waals surface area contributed by atoms with Gasteiger partial charge in [-0.05, 0) is 41.8 Å². The summed E-state index contributed by atoms with van der Waals surface area (Å²) in [6, 6.07) is 12.3. The molecule has 3 rings (SSSR count). The fourth-order valence-corrected chi connectivity index (χ4v) is 2.78. The largest absolute Gasteiger partial charge is 0.303 e. The van der Waals surface area contributed by atoms with Crippen molar-refractivity contribution in [2.75, 3.05) is 0 Å². The highest BCUT2D eigenvalue weighted by Gasteiger charge is 2.56. The Morgan fingerprint density at radius 3 is 1.63 bits per heavy atom. The number of hydrogen-bond acceptors (Lipinski definition) is 1. The molecule has 1 fully saturated rings. The Hall–Kier alpha value is -2.03. The molecular formula is C16H12F2O. The summed E-state index contributed by atoms with van der Waals surface area (Å²) >= 11 is 0. The molecule has 0 heterocycles. The lowest BCUT2D eigenvalue weighted by atomic mass is 9.86. The van der Waals surface area contributed by atoms with Crippen molar-refractivity contribution >= 4 is 6.29 Å². The minimum Gasteiger partial charge on any atom is -0.303 e. The minimum absolute atomic E-state index is 0.122. The van der Waals surface area contributed by atoms with Crippen molar-refractivity contribution in [1.82, 2.24) is 0 Å². The summed E-state index contributed by atoms with van der Waals surface area (Å²) in [6.07, 6.45) is 1.61. The topological polar surface area (TPSA) is 17.1 Å². The standard InChI is InChI=1S/C16H12F2O/c17-14-5-1-11(2-6-14)16(9-13(16)10-19)12-3-7-15(18)8-4-12/h1-8,10,13H,9H2. The van der Waals surface area contributed by atoms with Crippen LogP contribution in [0, 0.1) is 17.6 Å². The Bertz CT molecular complexity index is 556. The van der Waals surface area contributed by atoms with E-state index >= 15 is 0 Å². The number of carbonyl (C=O) groups is 1. The number of rotatable bonds is 3. The average molecular weight is 258 g/mol. The average Bonchev–Trinajstić information content (AvgIpc) is 3.16. The van der Waals surface area contributed by atoms with Gasteiger partial charge in [-0.25, -0.2) is 8.78 Å². The fourth-order valence-electron chi connectivity index (χ4n) is 2.78. The van der Waals surface area contributed by atoms with Crippen LogP contribution in [0.3, 0.4) is 0 Å². The Balaban J connectivity index is 2.08. The van der Waals surface area contributed by atoms with Gasteiger partial charge in [-0.3, -0.25) is 0 Å². The quantitative estimate of drug-likeness (QED) is 0.770. The molecule has 0 spiro atoms. The highest BCUT2D eigenvalue weighted by Crippen LogP contribution is 2.57. The van der Waals surface area contributed by atoms with E-state index in [1.807, 2.05) is 0 Å². The number of benzene rings is 2. The molecule has 1 atom stereocenters. The van der Waals surface area contributed by atoms with Gasteiger partial charge in [0.05, 0.1) is 0 Å². The molecule has 1 saturated carbocycles. The van der Waals surface area contributed by atoms with Gasteiger partial charge in [0.2, 0.25) is 0 Å². The monoisotopic (exact) mass is 258 g/mol. The molecule has 0 radical (unpaired) electrons. The van der Waals surface area contributed by atoms with Gasteiger partial charge in [0.1, 0.15) is 17.9 Å². The molecule has 1 unspecified atom stereocenters. The second-order valence-corrected chi connectivity index (χ2v) is 4.93. The zero-order valence-corrected chi connectivity index (χ0v) is 10.1. The molecule has 3 heteroatoms. The van der Waals surface area contributed by atoms with Crippen LogP contribution in [0.15, 0.2) is 48.5 Å². The highest BCUT2D eigenvalue weighted by molar-refractivity contribution is 5.68. The lowest BCUT2D eigenvalue weighted by Crippen LogP contribution is -2.13. The summed E-state index contributed by atoms with van der Waals surface area (Å²) < 4.78 is 26.0. The molecule has 0 amide bonds. The van der Waals surface area contributed by atoms with Crippen LogP contribution < -0.4 is 0 Å². The maximum absolute atomic E-state index is 13.0. The van der Waals surface area contributed by atoms with Crippen LogP contribution in [0.25, 0.3) is 0 Å². The summed E-state index contributed by atoms with van der Waals surface area (Å²) in [5.74, 6) is -0.731. The van der Waals surface area contributed by atoms with Gasteiger partial charge in [-0.15, -0.1) is 0 Å². The van der Waals surface area contributed by atoms with Gasteiger partial charge in [0.15, 0.2) is 0 Å². The summed E-state index contributed by atoms with van der Waals surface area (Å²) in [4.78, 5) is 11.1. The lowest BCUT2D eigenvalue weighted by molar-refractivity contribution is -0.109. The second kappa shape index (κ2) is 4.26. The summed E-state index contributed by atoms with van der Waals surface area (Å²) in [5, 5.41) is 0. The Labute approximate surface area is 109 Å². The first-order valence-electron chi connectivity index (χ1n) is 6.14. The molecule has 0 aromatic heterocycles. The Morgan fingerprint density at radius 2 is 1.32 bits per heavy atom. The molecule has 19 heavy (non-hydrogen) atoms. The third kappa shape index (κ3) is 1.86. The van der Waals surface area contributed by atoms with Crippen molar-refractivity contribution in [3.8, 4) is 0 Å². The van der Waals surface area contributed by atoms with Crippen LogP contribution in [0.2, 0.25) is 0 Å². The third-order valence-corrected chi connectivity index (χ3v) is 3.90. The second-order valence-electron chi connectivity index (χ2n) is 4.93. The number of carbonyl (C=O) groups excluding carboxylic acids is 1. The Kier molecular flexibility index (Phi) is 2.70. The first-order valence-corrected chi connectivity index (χ1v) is 6.14. The predicted molar refractivity (Wildman–Crippen MR) is 67.8 cm³/mol. The van der Waals surface area contributed by atoms with Crippen LogP contribution in [0.4, 0.5) is 8.78 Å². The predicted octanol–water partition coefficient (Wildman–Crippen LogP) is 3.47. The van der Waals surface area contributed by atoms with Gasteiger partial charge in [-0.2, -0.15) is 0 Å². The molecule has 2 aromatic carbocycles. The van der Waals surface area contributed by atoms with E-state index < -0.39 is 5.41 Å². The van der Waals surface area contributed by atoms with Gasteiger partial charge >= 0.3 is 0 Å². The fraction of sp³-hybridized carbons (Fsp3) is 0.188. The molecular weight excluding hydrogens is 246 g/mol. The van der Waals surface area contributed by atoms with Gasteiger partial charge in [0.25, 0.3) is 0 Å². The Morgan fingerprint density at radius 1 is 0.895 bits per heavy atom. The molecule has 2 aromatic rings. The van der Waals surface area contributed by atoms with Crippen molar-refractivity contribution in [2.24, 2.45) is 5.92 Å². The van der Waals surface area contributed by atoms with Gasteiger partial charge in [0, 0.05) is 11.3 Å². The van der Waals surface area contributed by atoms with E-state index in [4.69, 9.17) is 0 Å². The lowest BCUT2D eigenvalue weighted by Gasteiger charge is -2.17. The van der Waals surface area contributed by atoms with Crippen molar-refractivity contribution < 1.29 is 13.6 Å². The highest BCUT2D eigenvalue weighted by atomic mass is 19.1. The van der Waals surface area contributed by atoms with Crippen LogP contribution >= 0.6 is 0 Å². The van der Waals surface area contributed by atoms with Crippen molar-refractivity contribution in [1.29, 1.82) is 0 Å². The van der Waals surface area contributed by atoms with Crippen LogP contribution in [-0.4, -0.2) is 6.29 Å². The van der Waals surface area contributed by atoms with E-state index in [1.54, 1.807) is 24.3 Å². The molecule has 0 N–H and O–H groups in total. The van der Waals surface area contributed by atoms with Crippen LogP contribution in [0.1, 0.15) is 17.5 Å². The van der Waals surface area contributed by atoms with Crippen molar-refractivity contribution in [3.63, 3.8) is 0 Å². The summed E-state index contributed by atoms with van der Waals surface area (Å²) in [5.41, 5.74) is 1.39. The minimum atomic E-state index is -0.414. The SMILES string of the molecule is O=CC1CC1(c1ccc(F)cc1)c1ccc(F)cc1. The van der Waals surface area contributed by atoms with Gasteiger partial charge < -0.3 is 4.79 Å². The molecule has 1 aliphatic rings. The zero-order valence-electron chi connectivity index (χ0n) is 10.1. The number of halogens is 2. The maximum atomic E-state index is 13.0. The van der Waals surface area contributed by atoms with E-state index in [0.717, 1.165) is 17.4 Å². The van der Waals surface area contributed by atoms with Crippen molar-refractivity contribution in [2.45, 2.75) is 11.8 Å². The van der Waals surface area contributed by atoms with E-state index in [2.05, 4.69) is 0 Å². The normalized spacial score (nSPS) is 20.0. The van der Waals surface area contributed by atoms with Crippen molar-refractivity contribution in [3.05, 3.63) is 71.3 Å². The molecule has 1 nitrogen and oxygen atoms in total. The molecule has 0 bridgehead atoms. The first-order chi connectivity index (χ1) is 9.16. The number of hydrogen-bond donors (Lipinski definition) is 0. The molecule has 0 aliphatic heterocycles. The molecule has 96 valence electrons. The maximum Gasteiger partial charge on any atom is 0.124 e. The number of aldehydes is 1. The summed E-state index contributed by atoms with van der Waals surface area (Å²) in [6.45, 7) is 0. The zero-order chi connectivity index (χ0) is 13.5. The van der Waals surface area contributed by atoms with Gasteiger partial charge in [-0.1, -0.05) is 24.3 Å². The molecule has 0 saturated heterocycles. The first kappa shape index (κ1) is 12.0. The van der Waals surface area contributed by atoms with E-state index in [9.17, 15) is 13.6 Å². The summed E-state index contributed by atoms with van der Waals surface area (Å²) in [7, 11) is 0. The van der Waals surface area contributed by atoms with E-state index in [0.29, 0.717) is 6.42 Å². The smallest absolute Gasteiger partial charge is 0.124 e. The molecule has 1 aliphatic carbocycles. The van der Waals surface area contributed by atoms with Crippen LogP contribution in [-0.2, 0) is 10.2 Å². The van der Waals surface area contributed by atoms with Crippen LogP contribution in [0.5, 0.6) is 0 Å². The third-order valence-electron chi connectivity index (χ3n) is 3.90.